The van der Waals surface area contributed by atoms with Gasteiger partial charge in [-0.2, -0.15) is 0 Å². The van der Waals surface area contributed by atoms with Crippen molar-refractivity contribution in [2.75, 3.05) is 11.5 Å². The molecule has 1 aromatic carbocycles. The highest BCUT2D eigenvalue weighted by atomic mass is 35.5. The lowest BCUT2D eigenvalue weighted by Gasteiger charge is -2.16. The molecule has 94 valence electrons. The van der Waals surface area contributed by atoms with Gasteiger partial charge in [0.05, 0.1) is 0 Å². The first-order chi connectivity index (χ1) is 8.49. The zero-order chi connectivity index (χ0) is 13.3. The second-order valence-electron chi connectivity index (χ2n) is 4.16. The number of aliphatic hydroxyl groups excluding tert-OH is 1. The summed E-state index contributed by atoms with van der Waals surface area (Å²) in [5, 5.41) is 10.9. The average molecular weight is 264 g/mol. The van der Waals surface area contributed by atoms with Gasteiger partial charge in [-0.3, -0.25) is 0 Å². The Morgan fingerprint density at radius 2 is 1.94 bits per heavy atom. The molecule has 1 unspecified atom stereocenters. The molecule has 0 aliphatic rings. The van der Waals surface area contributed by atoms with E-state index in [4.69, 9.17) is 23.1 Å². The number of nitrogen functional groups attached to an aromatic ring is 2. The van der Waals surface area contributed by atoms with Crippen LogP contribution in [0.1, 0.15) is 22.8 Å². The Morgan fingerprint density at radius 1 is 1.22 bits per heavy atom. The van der Waals surface area contributed by atoms with Crippen LogP contribution in [0.15, 0.2) is 30.5 Å². The Kier molecular flexibility index (Phi) is 3.41. The SMILES string of the molecule is Cc1cnc(N)c(C(O)c2ccc(Cl)cc2N)c1. The van der Waals surface area contributed by atoms with Crippen molar-refractivity contribution in [1.29, 1.82) is 0 Å². The quantitative estimate of drug-likeness (QED) is 0.726. The molecule has 0 aliphatic carbocycles. The van der Waals surface area contributed by atoms with Crippen molar-refractivity contribution < 1.29 is 5.11 Å². The van der Waals surface area contributed by atoms with Crippen LogP contribution in [0.4, 0.5) is 11.5 Å². The van der Waals surface area contributed by atoms with Crippen LogP contribution < -0.4 is 11.5 Å². The summed E-state index contributed by atoms with van der Waals surface area (Å²) in [6, 6.07) is 6.75. The van der Waals surface area contributed by atoms with E-state index in [0.29, 0.717) is 27.7 Å². The summed E-state index contributed by atoms with van der Waals surface area (Å²) in [5.41, 5.74) is 14.1. The molecule has 1 aromatic heterocycles. The van der Waals surface area contributed by atoms with Gasteiger partial charge in [-0.25, -0.2) is 4.98 Å². The highest BCUT2D eigenvalue weighted by Gasteiger charge is 2.17. The maximum Gasteiger partial charge on any atom is 0.129 e. The molecule has 2 rings (SSSR count). The van der Waals surface area contributed by atoms with Gasteiger partial charge >= 0.3 is 0 Å². The molecular weight excluding hydrogens is 250 g/mol. The highest BCUT2D eigenvalue weighted by Crippen LogP contribution is 2.31. The molecule has 0 fully saturated rings. The van der Waals surface area contributed by atoms with E-state index >= 15 is 0 Å². The number of nitrogens with zero attached hydrogens (tertiary/aromatic N) is 1. The Hall–Kier alpha value is -1.78. The predicted molar refractivity (Wildman–Crippen MR) is 73.3 cm³/mol. The zero-order valence-electron chi connectivity index (χ0n) is 9.89. The van der Waals surface area contributed by atoms with E-state index in [-0.39, 0.29) is 0 Å². The molecule has 1 atom stereocenters. The third-order valence-corrected chi connectivity index (χ3v) is 2.96. The number of aryl methyl sites for hydroxylation is 1. The second-order valence-corrected chi connectivity index (χ2v) is 4.60. The minimum atomic E-state index is -0.908. The first-order valence-electron chi connectivity index (χ1n) is 5.44. The number of hydrogen-bond donors (Lipinski definition) is 3. The Labute approximate surface area is 110 Å². The number of nitrogens with two attached hydrogens (primary N) is 2. The van der Waals surface area contributed by atoms with Gasteiger partial charge in [-0.05, 0) is 30.7 Å². The van der Waals surface area contributed by atoms with Crippen molar-refractivity contribution in [3.63, 3.8) is 0 Å². The second kappa shape index (κ2) is 4.84. The summed E-state index contributed by atoms with van der Waals surface area (Å²) in [6.07, 6.45) is 0.742. The van der Waals surface area contributed by atoms with Crippen LogP contribution in [-0.2, 0) is 0 Å². The van der Waals surface area contributed by atoms with Crippen LogP contribution >= 0.6 is 11.6 Å². The van der Waals surface area contributed by atoms with E-state index in [1.54, 1.807) is 30.5 Å². The third-order valence-electron chi connectivity index (χ3n) is 2.72. The van der Waals surface area contributed by atoms with E-state index in [0.717, 1.165) is 5.56 Å². The molecule has 0 saturated heterocycles. The van der Waals surface area contributed by atoms with Gasteiger partial charge in [0.15, 0.2) is 0 Å². The molecule has 0 bridgehead atoms. The van der Waals surface area contributed by atoms with Crippen molar-refractivity contribution in [3.8, 4) is 0 Å². The summed E-state index contributed by atoms with van der Waals surface area (Å²) >= 11 is 5.83. The molecule has 0 amide bonds. The lowest BCUT2D eigenvalue weighted by Crippen LogP contribution is -2.08. The average Bonchev–Trinajstić information content (AvgIpc) is 2.31. The van der Waals surface area contributed by atoms with Gasteiger partial charge in [0, 0.05) is 28.0 Å². The van der Waals surface area contributed by atoms with Crippen LogP contribution in [0.2, 0.25) is 5.02 Å². The molecule has 18 heavy (non-hydrogen) atoms. The molecule has 5 heteroatoms. The number of halogens is 1. The summed E-state index contributed by atoms with van der Waals surface area (Å²) < 4.78 is 0. The molecule has 4 nitrogen and oxygen atoms in total. The minimum Gasteiger partial charge on any atom is -0.398 e. The lowest BCUT2D eigenvalue weighted by molar-refractivity contribution is 0.221. The molecule has 0 aliphatic heterocycles. The van der Waals surface area contributed by atoms with Crippen molar-refractivity contribution in [3.05, 3.63) is 52.2 Å². The van der Waals surface area contributed by atoms with Crippen LogP contribution in [0.3, 0.4) is 0 Å². The first kappa shape index (κ1) is 12.7. The summed E-state index contributed by atoms with van der Waals surface area (Å²) in [7, 11) is 0. The van der Waals surface area contributed by atoms with Gasteiger partial charge in [-0.15, -0.1) is 0 Å². The number of aromatic nitrogens is 1. The zero-order valence-corrected chi connectivity index (χ0v) is 10.6. The van der Waals surface area contributed by atoms with E-state index in [1.807, 2.05) is 6.92 Å². The largest absolute Gasteiger partial charge is 0.398 e. The van der Waals surface area contributed by atoms with Crippen LogP contribution in [0, 0.1) is 6.92 Å². The molecule has 1 heterocycles. The van der Waals surface area contributed by atoms with E-state index in [2.05, 4.69) is 4.98 Å². The number of hydrogen-bond acceptors (Lipinski definition) is 4. The van der Waals surface area contributed by atoms with Crippen LogP contribution in [0.25, 0.3) is 0 Å². The normalized spacial score (nSPS) is 12.4. The van der Waals surface area contributed by atoms with Crippen molar-refractivity contribution in [2.45, 2.75) is 13.0 Å². The number of anilines is 2. The summed E-state index contributed by atoms with van der Waals surface area (Å²) in [6.45, 7) is 1.88. The molecule has 0 radical (unpaired) electrons. The Balaban J connectivity index is 2.47. The van der Waals surface area contributed by atoms with E-state index in [1.165, 1.54) is 0 Å². The molecule has 2 aromatic rings. The topological polar surface area (TPSA) is 85.2 Å². The van der Waals surface area contributed by atoms with Crippen molar-refractivity contribution in [1.82, 2.24) is 4.98 Å². The van der Waals surface area contributed by atoms with Gasteiger partial charge in [0.1, 0.15) is 11.9 Å². The fraction of sp³-hybridized carbons (Fsp3) is 0.154. The maximum atomic E-state index is 10.3. The molecule has 5 N–H and O–H groups in total. The fourth-order valence-corrected chi connectivity index (χ4v) is 1.96. The summed E-state index contributed by atoms with van der Waals surface area (Å²) in [4.78, 5) is 4.02. The van der Waals surface area contributed by atoms with Crippen molar-refractivity contribution in [2.24, 2.45) is 0 Å². The Morgan fingerprint density at radius 3 is 2.61 bits per heavy atom. The standard InChI is InChI=1S/C13H14ClN3O/c1-7-4-10(13(16)17-6-7)12(18)9-3-2-8(14)5-11(9)15/h2-6,12,18H,15H2,1H3,(H2,16,17). The Bertz CT molecular complexity index is 586. The van der Waals surface area contributed by atoms with Gasteiger partial charge in [0.25, 0.3) is 0 Å². The lowest BCUT2D eigenvalue weighted by atomic mass is 9.99. The van der Waals surface area contributed by atoms with E-state index in [9.17, 15) is 5.11 Å². The maximum absolute atomic E-state index is 10.3. The van der Waals surface area contributed by atoms with Crippen LogP contribution in [-0.4, -0.2) is 10.1 Å². The number of benzene rings is 1. The monoisotopic (exact) mass is 263 g/mol. The van der Waals surface area contributed by atoms with Crippen molar-refractivity contribution >= 4 is 23.1 Å². The van der Waals surface area contributed by atoms with E-state index < -0.39 is 6.10 Å². The minimum absolute atomic E-state index is 0.294. The number of rotatable bonds is 2. The highest BCUT2D eigenvalue weighted by molar-refractivity contribution is 6.30. The third kappa shape index (κ3) is 2.39. The molecular formula is C13H14ClN3O. The summed E-state index contributed by atoms with van der Waals surface area (Å²) in [5.74, 6) is 0.294. The van der Waals surface area contributed by atoms with Crippen LogP contribution in [0.5, 0.6) is 0 Å². The first-order valence-corrected chi connectivity index (χ1v) is 5.82. The molecule has 0 saturated carbocycles. The van der Waals surface area contributed by atoms with Gasteiger partial charge in [-0.1, -0.05) is 17.7 Å². The smallest absolute Gasteiger partial charge is 0.129 e. The number of aliphatic hydroxyl groups is 1. The van der Waals surface area contributed by atoms with Gasteiger partial charge < -0.3 is 16.6 Å². The number of pyridine rings is 1. The predicted octanol–water partition coefficient (Wildman–Crippen LogP) is 2.29. The fourth-order valence-electron chi connectivity index (χ4n) is 1.78. The van der Waals surface area contributed by atoms with Gasteiger partial charge in [0.2, 0.25) is 0 Å². The molecule has 0 spiro atoms.